The molecule has 0 aromatic rings. The van der Waals surface area contributed by atoms with E-state index in [9.17, 15) is 0 Å². The Morgan fingerprint density at radius 2 is 0.420 bits per heavy atom. The standard InChI is InChI=1S/C9H18.C8H16O.C8H16.C7H14O2.2C7H14O.C7H14.C6H13N.C6H12O2.C6H12O.10C2H6/c1-8(2)9-6-4-3-5-7-9;1-7(2)8-5-3-4-6-9-8;1-7(2)8-5-3-4-6-8;1-6(2)7-8-4-3-5-9-7;2*1-6(2)7-4-3-5-8-7;1-6(2)7-4-3-5-7;1-5(2)6-3-4-7-6;1-5(2)6-7-3-4-8-6;1-5(2)6-3-4-7-6;10*1-2/h8-9H,3-7H2,1-2H3;7-8H,3-6H2,1-2H3;7-8H,3-6H2,1-2H3;6-7H,3-5H2,1-2H3;2*6-7H,3-5H2,1-2H3;6-7H,3-5H2,1-2H3;5-7H,3-4H2,1-2H3;5-6H,3-4H2,1-2H3;5-6H,3-4H2,1-2H3;10*1-2H3. The van der Waals surface area contributed by atoms with Crippen LogP contribution in [0.15, 0.2) is 0 Å². The summed E-state index contributed by atoms with van der Waals surface area (Å²) in [7, 11) is 0. The SMILES string of the molecule is CC.CC.CC.CC.CC.CC.CC.CC.CC.CC.CC(C)C1CCC1.CC(C)C1CCCC1.CC(C)C1CCCCC1.CC(C)C1CCCCO1.CC(C)C1CCCO1.CC(C)C1CCCO1.CC(C)C1CCN1.CC(C)C1CCO1.CC(C)C1OCCCO1.CC(C)C1OCCO1. The van der Waals surface area contributed by atoms with Crippen molar-refractivity contribution in [2.75, 3.05) is 59.4 Å². The molecule has 1 N–H and O–H groups in total. The van der Waals surface area contributed by atoms with E-state index in [2.05, 4.69) is 144 Å². The van der Waals surface area contributed by atoms with Gasteiger partial charge in [-0.2, -0.15) is 0 Å². The van der Waals surface area contributed by atoms with Gasteiger partial charge in [0.15, 0.2) is 12.6 Å². The maximum atomic E-state index is 5.54. The molecule has 5 atom stereocenters. The molecule has 0 aromatic heterocycles. The highest BCUT2D eigenvalue weighted by Crippen LogP contribution is 2.33. The molecule has 0 radical (unpaired) electrons. The molecule has 10 fully saturated rings. The van der Waals surface area contributed by atoms with Crippen LogP contribution in [0.5, 0.6) is 0 Å². The number of rotatable bonds is 10. The molecule has 3 aliphatic carbocycles. The van der Waals surface area contributed by atoms with E-state index < -0.39 is 0 Å². The number of hydrogen-bond donors (Lipinski definition) is 1. The highest BCUT2D eigenvalue weighted by molar-refractivity contribution is 4.79. The van der Waals surface area contributed by atoms with E-state index in [4.69, 9.17) is 37.9 Å². The molecule has 9 heteroatoms. The summed E-state index contributed by atoms with van der Waals surface area (Å²) < 4.78 is 42.6. The molecule has 10 rings (SSSR count). The highest BCUT2D eigenvalue weighted by Gasteiger charge is 2.24. The number of ether oxygens (including phenoxy) is 8. The summed E-state index contributed by atoms with van der Waals surface area (Å²) in [5.41, 5.74) is 0. The largest absolute Gasteiger partial charge is 0.378 e. The Morgan fingerprint density at radius 1 is 0.190 bits per heavy atom. The molecule has 0 amide bonds. The van der Waals surface area contributed by atoms with Crippen LogP contribution in [-0.4, -0.2) is 102 Å². The van der Waals surface area contributed by atoms with Gasteiger partial charge in [0.2, 0.25) is 0 Å². The minimum Gasteiger partial charge on any atom is -0.378 e. The van der Waals surface area contributed by atoms with Crippen LogP contribution in [0.25, 0.3) is 0 Å². The second-order valence-corrected chi connectivity index (χ2v) is 28.7. The van der Waals surface area contributed by atoms with Crippen molar-refractivity contribution in [1.82, 2.24) is 5.32 Å². The third kappa shape index (κ3) is 75.9. The van der Waals surface area contributed by atoms with Crippen LogP contribution in [0, 0.1) is 76.9 Å². The van der Waals surface area contributed by atoms with Crippen LogP contribution in [0.4, 0.5) is 0 Å². The van der Waals surface area contributed by atoms with Gasteiger partial charge in [-0.3, -0.25) is 0 Å². The van der Waals surface area contributed by atoms with Crippen LogP contribution < -0.4 is 5.32 Å². The Hall–Kier alpha value is -0.360. The van der Waals surface area contributed by atoms with Gasteiger partial charge in [-0.15, -0.1) is 0 Å². The van der Waals surface area contributed by atoms with Crippen molar-refractivity contribution < 1.29 is 37.9 Å². The second-order valence-electron chi connectivity index (χ2n) is 28.7. The monoisotopic (exact) mass is 1440 g/mol. The van der Waals surface area contributed by atoms with Crippen LogP contribution in [0.3, 0.4) is 0 Å². The van der Waals surface area contributed by atoms with Gasteiger partial charge in [-0.05, 0) is 136 Å². The third-order valence-electron chi connectivity index (χ3n) is 18.1. The van der Waals surface area contributed by atoms with E-state index in [1.807, 2.05) is 138 Å². The molecule has 0 spiro atoms. The zero-order chi connectivity index (χ0) is 79.8. The van der Waals surface area contributed by atoms with Gasteiger partial charge in [0.05, 0.1) is 50.8 Å². The normalized spacial score (nSPS) is 21.6. The van der Waals surface area contributed by atoms with Crippen LogP contribution in [0.1, 0.15) is 418 Å². The molecule has 7 saturated heterocycles. The first-order valence-corrected chi connectivity index (χ1v) is 44.7. The van der Waals surface area contributed by atoms with E-state index in [-0.39, 0.29) is 12.6 Å². The van der Waals surface area contributed by atoms with E-state index in [0.29, 0.717) is 42.2 Å². The lowest BCUT2D eigenvalue weighted by molar-refractivity contribution is -0.198. The number of hydrogen-bond acceptors (Lipinski definition) is 9. The Balaban J connectivity index is -0.000000109. The lowest BCUT2D eigenvalue weighted by Crippen LogP contribution is -2.46. The van der Waals surface area contributed by atoms with E-state index in [1.165, 1.54) is 141 Å². The topological polar surface area (TPSA) is 85.9 Å². The van der Waals surface area contributed by atoms with Crippen molar-refractivity contribution in [2.24, 2.45) is 76.9 Å². The van der Waals surface area contributed by atoms with Crippen molar-refractivity contribution in [3.8, 4) is 0 Å². The van der Waals surface area contributed by atoms with Gasteiger partial charge in [0, 0.05) is 44.3 Å². The lowest BCUT2D eigenvalue weighted by Gasteiger charge is -2.30. The minimum atomic E-state index is 0.0544. The summed E-state index contributed by atoms with van der Waals surface area (Å²) in [6.45, 7) is 93.2. The summed E-state index contributed by atoms with van der Waals surface area (Å²) in [5, 5.41) is 3.34. The van der Waals surface area contributed by atoms with Crippen molar-refractivity contribution in [3.05, 3.63) is 0 Å². The second kappa shape index (κ2) is 94.7. The van der Waals surface area contributed by atoms with Crippen molar-refractivity contribution in [2.45, 2.75) is 461 Å². The maximum Gasteiger partial charge on any atom is 0.160 e. The summed E-state index contributed by atoms with van der Waals surface area (Å²) in [4.78, 5) is 0. The molecular formula is C91H203NO8. The molecule has 100 heavy (non-hydrogen) atoms. The van der Waals surface area contributed by atoms with E-state index >= 15 is 0 Å². The molecule has 3 saturated carbocycles. The first-order valence-electron chi connectivity index (χ1n) is 44.7. The smallest absolute Gasteiger partial charge is 0.160 e. The van der Waals surface area contributed by atoms with Gasteiger partial charge in [-0.1, -0.05) is 354 Å². The fourth-order valence-corrected chi connectivity index (χ4v) is 11.4. The van der Waals surface area contributed by atoms with Crippen LogP contribution in [-0.2, 0) is 37.9 Å². The van der Waals surface area contributed by atoms with Gasteiger partial charge in [0.1, 0.15) is 0 Å². The molecule has 620 valence electrons. The molecule has 7 heterocycles. The fraction of sp³-hybridized carbons (Fsp3) is 1.00. The average molecular weight is 1440 g/mol. The quantitative estimate of drug-likeness (QED) is 0.230. The Bertz CT molecular complexity index is 1130. The van der Waals surface area contributed by atoms with E-state index in [1.54, 1.807) is 0 Å². The predicted molar refractivity (Wildman–Crippen MR) is 456 cm³/mol. The van der Waals surface area contributed by atoms with Crippen molar-refractivity contribution >= 4 is 0 Å². The summed E-state index contributed by atoms with van der Waals surface area (Å²) in [6.07, 6.45) is 33.0. The molecule has 10 aliphatic rings. The van der Waals surface area contributed by atoms with E-state index in [0.717, 1.165) is 124 Å². The molecule has 7 aliphatic heterocycles. The first kappa shape index (κ1) is 121. The van der Waals surface area contributed by atoms with Crippen LogP contribution >= 0.6 is 0 Å². The maximum absolute atomic E-state index is 5.54. The zero-order valence-corrected chi connectivity index (χ0v) is 77.2. The third-order valence-corrected chi connectivity index (χ3v) is 18.1. The Labute approximate surface area is 637 Å². The zero-order valence-electron chi connectivity index (χ0n) is 77.2. The number of nitrogens with one attached hydrogen (secondary N) is 1. The molecule has 5 unspecified atom stereocenters. The summed E-state index contributed by atoms with van der Waals surface area (Å²) >= 11 is 0. The molecular weight excluding hydrogens is 1230 g/mol. The minimum absolute atomic E-state index is 0.0544. The van der Waals surface area contributed by atoms with Gasteiger partial charge < -0.3 is 43.2 Å². The molecule has 9 nitrogen and oxygen atoms in total. The van der Waals surface area contributed by atoms with Crippen molar-refractivity contribution in [3.63, 3.8) is 0 Å². The Morgan fingerprint density at radius 3 is 0.550 bits per heavy atom. The van der Waals surface area contributed by atoms with Crippen LogP contribution in [0.2, 0.25) is 0 Å². The summed E-state index contributed by atoms with van der Waals surface area (Å²) in [6, 6.07) is 0.833. The highest BCUT2D eigenvalue weighted by atomic mass is 16.7. The van der Waals surface area contributed by atoms with Crippen molar-refractivity contribution in [1.29, 1.82) is 0 Å². The Kier molecular flexibility index (Phi) is 114. The molecule has 0 aromatic carbocycles. The summed E-state index contributed by atoms with van der Waals surface area (Å²) in [5.74, 6) is 10.7. The first-order chi connectivity index (χ1) is 48.0. The average Bonchev–Trinajstić information content (AvgIpc) is 1.67. The van der Waals surface area contributed by atoms with Gasteiger partial charge in [0.25, 0.3) is 0 Å². The van der Waals surface area contributed by atoms with Gasteiger partial charge >= 0.3 is 0 Å². The fourth-order valence-electron chi connectivity index (χ4n) is 11.4. The lowest BCUT2D eigenvalue weighted by atomic mass is 9.78. The predicted octanol–water partition coefficient (Wildman–Crippen LogP) is 29.5. The molecule has 0 bridgehead atoms. The van der Waals surface area contributed by atoms with Gasteiger partial charge in [-0.25, -0.2) is 0 Å².